The van der Waals surface area contributed by atoms with Gasteiger partial charge in [0.05, 0.1) is 0 Å². The van der Waals surface area contributed by atoms with Crippen LogP contribution in [0.5, 0.6) is 0 Å². The molecule has 0 amide bonds. The highest BCUT2D eigenvalue weighted by Gasteiger charge is 2.21. The minimum Gasteiger partial charge on any atom is -0.356 e. The molecule has 0 bridgehead atoms. The van der Waals surface area contributed by atoms with Crippen LogP contribution in [0.2, 0.25) is 0 Å². The van der Waals surface area contributed by atoms with Crippen LogP contribution in [-0.4, -0.2) is 35.1 Å². The molecule has 1 aliphatic rings. The minimum atomic E-state index is -0.0657. The molecule has 20 heavy (non-hydrogen) atoms. The highest BCUT2D eigenvalue weighted by atomic mass is 16.1. The first-order chi connectivity index (χ1) is 9.33. The van der Waals surface area contributed by atoms with Crippen LogP contribution >= 0.6 is 0 Å². The van der Waals surface area contributed by atoms with Crippen LogP contribution in [0.25, 0.3) is 0 Å². The van der Waals surface area contributed by atoms with Gasteiger partial charge in [-0.05, 0) is 53.0 Å². The Hall–Kier alpha value is -1.36. The summed E-state index contributed by atoms with van der Waals surface area (Å²) in [6.45, 7) is 11.4. The van der Waals surface area contributed by atoms with E-state index in [0.717, 1.165) is 38.3 Å². The van der Waals surface area contributed by atoms with Gasteiger partial charge in [-0.3, -0.25) is 4.79 Å². The molecule has 0 aliphatic carbocycles. The monoisotopic (exact) mass is 278 g/mol. The lowest BCUT2D eigenvalue weighted by atomic mass is 9.95. The smallest absolute Gasteiger partial charge is 0.252 e. The number of hydrogen-bond donors (Lipinski definition) is 2. The third kappa shape index (κ3) is 4.34. The molecular formula is C15H26N4O. The van der Waals surface area contributed by atoms with E-state index in [-0.39, 0.29) is 11.1 Å². The molecule has 1 saturated heterocycles. The molecule has 5 nitrogen and oxygen atoms in total. The van der Waals surface area contributed by atoms with Gasteiger partial charge in [0.2, 0.25) is 0 Å². The summed E-state index contributed by atoms with van der Waals surface area (Å²) in [7, 11) is 0. The molecule has 0 aromatic carbocycles. The van der Waals surface area contributed by atoms with Gasteiger partial charge >= 0.3 is 0 Å². The lowest BCUT2D eigenvalue weighted by Gasteiger charge is -2.34. The number of hydrogen-bond acceptors (Lipinski definition) is 4. The molecule has 0 saturated carbocycles. The molecular weight excluding hydrogens is 252 g/mol. The van der Waals surface area contributed by atoms with E-state index in [0.29, 0.717) is 11.7 Å². The third-order valence-electron chi connectivity index (χ3n) is 3.71. The molecule has 0 spiro atoms. The highest BCUT2D eigenvalue weighted by molar-refractivity contribution is 5.37. The van der Waals surface area contributed by atoms with E-state index >= 15 is 0 Å². The molecule has 5 heteroatoms. The molecule has 1 fully saturated rings. The second-order valence-corrected chi connectivity index (χ2v) is 6.75. The average Bonchev–Trinajstić information content (AvgIpc) is 2.35. The van der Waals surface area contributed by atoms with Crippen LogP contribution in [0.1, 0.15) is 39.4 Å². The van der Waals surface area contributed by atoms with Gasteiger partial charge in [-0.15, -0.1) is 0 Å². The van der Waals surface area contributed by atoms with Crippen LogP contribution < -0.4 is 15.8 Å². The quantitative estimate of drug-likeness (QED) is 0.883. The lowest BCUT2D eigenvalue weighted by molar-refractivity contribution is 0.328. The fraction of sp³-hybridized carbons (Fsp3) is 0.733. The van der Waals surface area contributed by atoms with Crippen LogP contribution in [0.15, 0.2) is 10.9 Å². The summed E-state index contributed by atoms with van der Waals surface area (Å²) in [4.78, 5) is 20.8. The molecule has 2 N–H and O–H groups in total. The molecule has 1 aromatic rings. The Labute approximate surface area is 120 Å². The first-order valence-electron chi connectivity index (χ1n) is 7.41. The number of rotatable bonds is 3. The first kappa shape index (κ1) is 15.0. The van der Waals surface area contributed by atoms with E-state index in [1.807, 2.05) is 6.92 Å². The zero-order valence-electron chi connectivity index (χ0n) is 13.0. The van der Waals surface area contributed by atoms with E-state index < -0.39 is 0 Å². The minimum absolute atomic E-state index is 0.0657. The van der Waals surface area contributed by atoms with Crippen LogP contribution in [0.4, 0.5) is 5.82 Å². The SMILES string of the molecule is Cc1nc(N2CCC(CNC(C)(C)C)CC2)cc(=O)[nH]1. The van der Waals surface area contributed by atoms with Gasteiger partial charge in [-0.1, -0.05) is 0 Å². The summed E-state index contributed by atoms with van der Waals surface area (Å²) >= 11 is 0. The second kappa shape index (κ2) is 5.95. The van der Waals surface area contributed by atoms with Crippen molar-refractivity contribution in [2.45, 2.75) is 46.1 Å². The number of piperidine rings is 1. The van der Waals surface area contributed by atoms with Gasteiger partial charge in [0, 0.05) is 24.7 Å². The number of aromatic nitrogens is 2. The van der Waals surface area contributed by atoms with Crippen molar-refractivity contribution >= 4 is 5.82 Å². The lowest BCUT2D eigenvalue weighted by Crippen LogP contribution is -2.43. The zero-order chi connectivity index (χ0) is 14.8. The van der Waals surface area contributed by atoms with Crippen molar-refractivity contribution in [1.82, 2.24) is 15.3 Å². The fourth-order valence-corrected chi connectivity index (χ4v) is 2.54. The third-order valence-corrected chi connectivity index (χ3v) is 3.71. The van der Waals surface area contributed by atoms with Crippen molar-refractivity contribution in [3.63, 3.8) is 0 Å². The van der Waals surface area contributed by atoms with Crippen LogP contribution in [-0.2, 0) is 0 Å². The van der Waals surface area contributed by atoms with Crippen LogP contribution in [0.3, 0.4) is 0 Å². The summed E-state index contributed by atoms with van der Waals surface area (Å²) in [5, 5.41) is 3.58. The molecule has 1 aliphatic heterocycles. The van der Waals surface area contributed by atoms with E-state index in [4.69, 9.17) is 0 Å². The van der Waals surface area contributed by atoms with Crippen molar-refractivity contribution in [3.8, 4) is 0 Å². The Balaban J connectivity index is 1.89. The summed E-state index contributed by atoms with van der Waals surface area (Å²) in [6.07, 6.45) is 2.30. The standard InChI is InChI=1S/C15H26N4O/c1-11-17-13(9-14(20)18-11)19-7-5-12(6-8-19)10-16-15(2,3)4/h9,12,16H,5-8,10H2,1-4H3,(H,17,18,20). The summed E-state index contributed by atoms with van der Waals surface area (Å²) in [6, 6.07) is 1.60. The number of anilines is 1. The van der Waals surface area contributed by atoms with Gasteiger partial charge in [0.25, 0.3) is 5.56 Å². The Kier molecular flexibility index (Phi) is 4.48. The average molecular weight is 278 g/mol. The van der Waals surface area contributed by atoms with E-state index in [9.17, 15) is 4.79 Å². The van der Waals surface area contributed by atoms with Gasteiger partial charge in [-0.25, -0.2) is 4.98 Å². The van der Waals surface area contributed by atoms with Crippen LogP contribution in [0, 0.1) is 12.8 Å². The number of nitrogens with zero attached hydrogens (tertiary/aromatic N) is 2. The number of aromatic amines is 1. The maximum absolute atomic E-state index is 11.5. The number of aryl methyl sites for hydroxylation is 1. The van der Waals surface area contributed by atoms with E-state index in [2.05, 4.69) is 41.0 Å². The topological polar surface area (TPSA) is 61.0 Å². The number of nitrogens with one attached hydrogen (secondary N) is 2. The fourth-order valence-electron chi connectivity index (χ4n) is 2.54. The maximum Gasteiger partial charge on any atom is 0.252 e. The van der Waals surface area contributed by atoms with Crippen molar-refractivity contribution in [2.24, 2.45) is 5.92 Å². The van der Waals surface area contributed by atoms with Crippen molar-refractivity contribution < 1.29 is 0 Å². The second-order valence-electron chi connectivity index (χ2n) is 6.75. The Morgan fingerprint density at radius 3 is 2.60 bits per heavy atom. The Bertz CT molecular complexity index is 495. The normalized spacial score (nSPS) is 17.5. The van der Waals surface area contributed by atoms with E-state index in [1.54, 1.807) is 6.07 Å². The van der Waals surface area contributed by atoms with Gasteiger partial charge in [0.15, 0.2) is 0 Å². The summed E-state index contributed by atoms with van der Waals surface area (Å²) in [5.41, 5.74) is 0.117. The van der Waals surface area contributed by atoms with Gasteiger partial charge < -0.3 is 15.2 Å². The predicted molar refractivity (Wildman–Crippen MR) is 82.3 cm³/mol. The molecule has 0 unspecified atom stereocenters. The molecule has 112 valence electrons. The predicted octanol–water partition coefficient (Wildman–Crippen LogP) is 1.68. The van der Waals surface area contributed by atoms with Gasteiger partial charge in [-0.2, -0.15) is 0 Å². The molecule has 1 aromatic heterocycles. The van der Waals surface area contributed by atoms with E-state index in [1.165, 1.54) is 0 Å². The Morgan fingerprint density at radius 1 is 1.40 bits per heavy atom. The number of H-pyrrole nitrogens is 1. The maximum atomic E-state index is 11.5. The van der Waals surface area contributed by atoms with Crippen molar-refractivity contribution in [2.75, 3.05) is 24.5 Å². The largest absolute Gasteiger partial charge is 0.356 e. The zero-order valence-corrected chi connectivity index (χ0v) is 13.0. The molecule has 2 heterocycles. The molecule has 0 atom stereocenters. The van der Waals surface area contributed by atoms with Crippen molar-refractivity contribution in [1.29, 1.82) is 0 Å². The summed E-state index contributed by atoms with van der Waals surface area (Å²) in [5.74, 6) is 2.21. The Morgan fingerprint density at radius 2 is 2.05 bits per heavy atom. The molecule has 0 radical (unpaired) electrons. The highest BCUT2D eigenvalue weighted by Crippen LogP contribution is 2.21. The first-order valence-corrected chi connectivity index (χ1v) is 7.41. The van der Waals surface area contributed by atoms with Crippen molar-refractivity contribution in [3.05, 3.63) is 22.2 Å². The summed E-state index contributed by atoms with van der Waals surface area (Å²) < 4.78 is 0. The molecule has 2 rings (SSSR count). The van der Waals surface area contributed by atoms with Gasteiger partial charge in [0.1, 0.15) is 11.6 Å².